The number of hydrogen-bond donors (Lipinski definition) is 1. The Morgan fingerprint density at radius 2 is 2.11 bits per heavy atom. The summed E-state index contributed by atoms with van der Waals surface area (Å²) in [5, 5.41) is 1.18. The second-order valence-corrected chi connectivity index (χ2v) is 8.00. The molecule has 2 heterocycles. The van der Waals surface area contributed by atoms with Gasteiger partial charge in [-0.05, 0) is 42.7 Å². The lowest BCUT2D eigenvalue weighted by Crippen LogP contribution is -2.38. The predicted octanol–water partition coefficient (Wildman–Crippen LogP) is 4.89. The molecule has 6 heteroatoms. The monoisotopic (exact) mass is 444 g/mol. The van der Waals surface area contributed by atoms with Gasteiger partial charge < -0.3 is 9.72 Å². The minimum absolute atomic E-state index is 0.236. The highest BCUT2D eigenvalue weighted by atomic mass is 79.9. The minimum atomic E-state index is -0.279. The van der Waals surface area contributed by atoms with Crippen LogP contribution >= 0.6 is 15.9 Å². The van der Waals surface area contributed by atoms with Crippen molar-refractivity contribution >= 4 is 32.8 Å². The van der Waals surface area contributed by atoms with Crippen molar-refractivity contribution in [3.05, 3.63) is 69.1 Å². The van der Waals surface area contributed by atoms with Crippen molar-refractivity contribution in [2.45, 2.75) is 25.8 Å². The molecule has 4 rings (SSSR count). The van der Waals surface area contributed by atoms with Crippen molar-refractivity contribution in [3.8, 4) is 0 Å². The molecule has 1 aliphatic rings. The Morgan fingerprint density at radius 3 is 2.89 bits per heavy atom. The molecule has 0 aliphatic carbocycles. The summed E-state index contributed by atoms with van der Waals surface area (Å²) in [5.41, 5.74) is 4.82. The number of carbonyl (C=O) groups is 1. The summed E-state index contributed by atoms with van der Waals surface area (Å²) in [4.78, 5) is 17.4. The Bertz CT molecular complexity index is 1050. The number of carbonyl (C=O) groups excluding carboxylic acids is 1. The van der Waals surface area contributed by atoms with Crippen LogP contribution in [-0.4, -0.2) is 36.1 Å². The van der Waals surface area contributed by atoms with Crippen LogP contribution in [-0.2, 0) is 16.0 Å². The fourth-order valence-electron chi connectivity index (χ4n) is 4.20. The fraction of sp³-hybridized carbons (Fsp3) is 0.318. The fourth-order valence-corrected chi connectivity index (χ4v) is 4.55. The van der Waals surface area contributed by atoms with Crippen molar-refractivity contribution in [1.29, 1.82) is 0 Å². The summed E-state index contributed by atoms with van der Waals surface area (Å²) < 4.78 is 20.7. The smallest absolute Gasteiger partial charge is 0.306 e. The zero-order valence-corrected chi connectivity index (χ0v) is 17.5. The third-order valence-electron chi connectivity index (χ3n) is 5.63. The van der Waals surface area contributed by atoms with Gasteiger partial charge in [0.2, 0.25) is 0 Å². The summed E-state index contributed by atoms with van der Waals surface area (Å²) in [7, 11) is 1.39. The summed E-state index contributed by atoms with van der Waals surface area (Å²) in [6.45, 7) is 3.19. The number of aromatic nitrogens is 1. The number of methoxy groups -OCH3 is 1. The lowest BCUT2D eigenvalue weighted by atomic mass is 9.89. The number of ether oxygens (including phenoxy) is 1. The summed E-state index contributed by atoms with van der Waals surface area (Å²) in [5.74, 6) is -0.493. The van der Waals surface area contributed by atoms with E-state index in [9.17, 15) is 4.79 Å². The largest absolute Gasteiger partial charge is 0.469 e. The number of nitrogens with one attached hydrogen (secondary N) is 1. The molecule has 0 radical (unpaired) electrons. The molecule has 1 N–H and O–H groups in total. The van der Waals surface area contributed by atoms with Crippen LogP contribution < -0.4 is 0 Å². The van der Waals surface area contributed by atoms with Gasteiger partial charge in [-0.3, -0.25) is 9.69 Å². The van der Waals surface area contributed by atoms with Gasteiger partial charge in [-0.15, -0.1) is 0 Å². The van der Waals surface area contributed by atoms with Crippen LogP contribution in [0.4, 0.5) is 4.39 Å². The molecule has 0 amide bonds. The van der Waals surface area contributed by atoms with Gasteiger partial charge in [0.1, 0.15) is 5.82 Å². The van der Waals surface area contributed by atoms with Crippen LogP contribution in [0.5, 0.6) is 0 Å². The number of rotatable bonds is 4. The molecule has 4 nitrogen and oxygen atoms in total. The number of para-hydroxylation sites is 1. The number of nitrogens with zero attached hydrogens (tertiary/aromatic N) is 1. The summed E-state index contributed by atoms with van der Waals surface area (Å²) in [6, 6.07) is 11.1. The molecule has 1 atom stereocenters. The minimum Gasteiger partial charge on any atom is -0.469 e. The Hall–Kier alpha value is -2.18. The van der Waals surface area contributed by atoms with Gasteiger partial charge in [0.05, 0.1) is 19.6 Å². The standard InChI is InChI=1S/C22H22BrFN2O2/c1-13-16(23)7-8-17(24)20(13)22-21-15(14-5-3-4-6-18(14)25-21)9-11-26(22)12-10-19(27)28-2/h3-8,22,25H,9-12H2,1-2H3. The average Bonchev–Trinajstić information content (AvgIpc) is 3.08. The van der Waals surface area contributed by atoms with Crippen LogP contribution in [0.1, 0.15) is 34.8 Å². The number of hydrogen-bond acceptors (Lipinski definition) is 3. The highest BCUT2D eigenvalue weighted by Crippen LogP contribution is 2.41. The van der Waals surface area contributed by atoms with Gasteiger partial charge in [-0.25, -0.2) is 4.39 Å². The maximum Gasteiger partial charge on any atom is 0.306 e. The van der Waals surface area contributed by atoms with Crippen LogP contribution in [0.25, 0.3) is 10.9 Å². The molecular weight excluding hydrogens is 423 g/mol. The van der Waals surface area contributed by atoms with Crippen LogP contribution in [0.3, 0.4) is 0 Å². The molecule has 0 bridgehead atoms. The zero-order chi connectivity index (χ0) is 19.8. The van der Waals surface area contributed by atoms with Gasteiger partial charge in [0, 0.05) is 39.7 Å². The molecular formula is C22H22BrFN2O2. The number of benzene rings is 2. The Balaban J connectivity index is 1.87. The second-order valence-electron chi connectivity index (χ2n) is 7.15. The van der Waals surface area contributed by atoms with E-state index in [0.29, 0.717) is 12.1 Å². The van der Waals surface area contributed by atoms with E-state index in [1.54, 1.807) is 6.07 Å². The van der Waals surface area contributed by atoms with Crippen molar-refractivity contribution in [3.63, 3.8) is 0 Å². The van der Waals surface area contributed by atoms with E-state index in [0.717, 1.165) is 34.2 Å². The van der Waals surface area contributed by atoms with E-state index < -0.39 is 0 Å². The van der Waals surface area contributed by atoms with E-state index in [1.165, 1.54) is 24.1 Å². The predicted molar refractivity (Wildman–Crippen MR) is 111 cm³/mol. The summed E-state index contributed by atoms with van der Waals surface area (Å²) in [6.07, 6.45) is 1.13. The van der Waals surface area contributed by atoms with Crippen molar-refractivity contribution in [1.82, 2.24) is 9.88 Å². The van der Waals surface area contributed by atoms with Gasteiger partial charge in [-0.2, -0.15) is 0 Å². The highest BCUT2D eigenvalue weighted by Gasteiger charge is 2.34. The van der Waals surface area contributed by atoms with Crippen molar-refractivity contribution in [2.75, 3.05) is 20.2 Å². The van der Waals surface area contributed by atoms with Crippen molar-refractivity contribution in [2.24, 2.45) is 0 Å². The number of H-pyrrole nitrogens is 1. The molecule has 1 unspecified atom stereocenters. The third kappa shape index (κ3) is 3.25. The number of fused-ring (bicyclic) bond motifs is 3. The quantitative estimate of drug-likeness (QED) is 0.582. The molecule has 0 saturated heterocycles. The Morgan fingerprint density at radius 1 is 1.32 bits per heavy atom. The molecule has 3 aromatic rings. The first kappa shape index (κ1) is 19.2. The average molecular weight is 445 g/mol. The molecule has 1 aliphatic heterocycles. The molecule has 2 aromatic carbocycles. The third-order valence-corrected chi connectivity index (χ3v) is 6.49. The van der Waals surface area contributed by atoms with E-state index in [-0.39, 0.29) is 24.2 Å². The topological polar surface area (TPSA) is 45.3 Å². The molecule has 0 saturated carbocycles. The molecule has 146 valence electrons. The summed E-state index contributed by atoms with van der Waals surface area (Å²) >= 11 is 3.55. The normalized spacial score (nSPS) is 16.9. The van der Waals surface area contributed by atoms with E-state index >= 15 is 4.39 Å². The molecule has 0 fully saturated rings. The van der Waals surface area contributed by atoms with E-state index in [4.69, 9.17) is 4.74 Å². The zero-order valence-electron chi connectivity index (χ0n) is 15.9. The Labute approximate surface area is 171 Å². The van der Waals surface area contributed by atoms with E-state index in [2.05, 4.69) is 31.9 Å². The van der Waals surface area contributed by atoms with Gasteiger partial charge in [-0.1, -0.05) is 34.1 Å². The first-order valence-electron chi connectivity index (χ1n) is 9.36. The van der Waals surface area contributed by atoms with Gasteiger partial charge in [0.25, 0.3) is 0 Å². The number of halogens is 2. The molecule has 28 heavy (non-hydrogen) atoms. The first-order valence-corrected chi connectivity index (χ1v) is 10.2. The molecule has 1 aromatic heterocycles. The molecule has 0 spiro atoms. The maximum atomic E-state index is 15.0. The van der Waals surface area contributed by atoms with E-state index in [1.807, 2.05) is 25.1 Å². The highest BCUT2D eigenvalue weighted by molar-refractivity contribution is 9.10. The second kappa shape index (κ2) is 7.68. The lowest BCUT2D eigenvalue weighted by Gasteiger charge is -2.37. The first-order chi connectivity index (χ1) is 13.5. The van der Waals surface area contributed by atoms with Gasteiger partial charge >= 0.3 is 5.97 Å². The Kier molecular flexibility index (Phi) is 5.25. The van der Waals surface area contributed by atoms with Crippen LogP contribution in [0, 0.1) is 12.7 Å². The number of aromatic amines is 1. The lowest BCUT2D eigenvalue weighted by molar-refractivity contribution is -0.141. The van der Waals surface area contributed by atoms with Gasteiger partial charge in [0.15, 0.2) is 0 Å². The SMILES string of the molecule is COC(=O)CCN1CCc2c([nH]c3ccccc23)C1c1c(F)ccc(Br)c1C. The van der Waals surface area contributed by atoms with Crippen LogP contribution in [0.15, 0.2) is 40.9 Å². The maximum absolute atomic E-state index is 15.0. The van der Waals surface area contributed by atoms with Crippen molar-refractivity contribution < 1.29 is 13.9 Å². The van der Waals surface area contributed by atoms with Crippen LogP contribution in [0.2, 0.25) is 0 Å². The number of esters is 1.